The monoisotopic (exact) mass is 324 g/mol. The van der Waals surface area contributed by atoms with Gasteiger partial charge in [0.05, 0.1) is 11.8 Å². The van der Waals surface area contributed by atoms with Gasteiger partial charge in [0.2, 0.25) is 11.8 Å². The Balaban J connectivity index is 1.69. The van der Waals surface area contributed by atoms with Gasteiger partial charge in [0.1, 0.15) is 0 Å². The summed E-state index contributed by atoms with van der Waals surface area (Å²) in [6.45, 7) is 1.58. The van der Waals surface area contributed by atoms with Crippen molar-refractivity contribution in [2.75, 3.05) is 20.3 Å². The first-order valence-electron chi connectivity index (χ1n) is 7.41. The Morgan fingerprint density at radius 2 is 1.91 bits per heavy atom. The SMILES string of the molecule is COCCCNC(=O)C1CC1C(=O)NCc1ccccc1Cl. The summed E-state index contributed by atoms with van der Waals surface area (Å²) in [6, 6.07) is 7.38. The van der Waals surface area contributed by atoms with E-state index in [-0.39, 0.29) is 23.7 Å². The Morgan fingerprint density at radius 3 is 2.59 bits per heavy atom. The summed E-state index contributed by atoms with van der Waals surface area (Å²) in [5.41, 5.74) is 0.874. The minimum atomic E-state index is -0.218. The Labute approximate surface area is 135 Å². The minimum Gasteiger partial charge on any atom is -0.385 e. The molecular weight excluding hydrogens is 304 g/mol. The first kappa shape index (κ1) is 16.8. The van der Waals surface area contributed by atoms with E-state index >= 15 is 0 Å². The molecular formula is C16H21ClN2O3. The van der Waals surface area contributed by atoms with Crippen LogP contribution in [0, 0.1) is 11.8 Å². The van der Waals surface area contributed by atoms with Crippen molar-refractivity contribution in [3.05, 3.63) is 34.9 Å². The van der Waals surface area contributed by atoms with Gasteiger partial charge < -0.3 is 15.4 Å². The fourth-order valence-corrected chi connectivity index (χ4v) is 2.49. The second-order valence-corrected chi connectivity index (χ2v) is 5.80. The van der Waals surface area contributed by atoms with Crippen LogP contribution >= 0.6 is 11.6 Å². The Hall–Kier alpha value is -1.59. The Bertz CT molecular complexity index is 536. The normalized spacial score (nSPS) is 19.5. The number of carbonyl (C=O) groups excluding carboxylic acids is 2. The third-order valence-corrected chi connectivity index (χ3v) is 4.07. The molecule has 5 nitrogen and oxygen atoms in total. The highest BCUT2D eigenvalue weighted by Gasteiger charge is 2.47. The lowest BCUT2D eigenvalue weighted by Crippen LogP contribution is -2.30. The fraction of sp³-hybridized carbons (Fsp3) is 0.500. The number of halogens is 1. The van der Waals surface area contributed by atoms with Crippen molar-refractivity contribution in [1.29, 1.82) is 0 Å². The van der Waals surface area contributed by atoms with Crippen LogP contribution in [0.3, 0.4) is 0 Å². The van der Waals surface area contributed by atoms with Crippen LogP contribution in [0.25, 0.3) is 0 Å². The molecule has 2 unspecified atom stereocenters. The van der Waals surface area contributed by atoms with Crippen molar-refractivity contribution >= 4 is 23.4 Å². The third-order valence-electron chi connectivity index (χ3n) is 3.70. The number of hydrogen-bond acceptors (Lipinski definition) is 3. The van der Waals surface area contributed by atoms with Gasteiger partial charge in [-0.15, -0.1) is 0 Å². The lowest BCUT2D eigenvalue weighted by atomic mass is 10.2. The molecule has 1 saturated carbocycles. The average Bonchev–Trinajstić information content (AvgIpc) is 3.31. The maximum Gasteiger partial charge on any atom is 0.224 e. The number of hydrogen-bond donors (Lipinski definition) is 2. The quantitative estimate of drug-likeness (QED) is 0.716. The second kappa shape index (κ2) is 8.15. The van der Waals surface area contributed by atoms with E-state index < -0.39 is 0 Å². The number of amides is 2. The molecule has 1 aromatic rings. The Kier molecular flexibility index (Phi) is 6.21. The number of benzene rings is 1. The van der Waals surface area contributed by atoms with Gasteiger partial charge in [-0.3, -0.25) is 9.59 Å². The van der Waals surface area contributed by atoms with Gasteiger partial charge >= 0.3 is 0 Å². The molecule has 0 aromatic heterocycles. The lowest BCUT2D eigenvalue weighted by Gasteiger charge is -2.07. The fourth-order valence-electron chi connectivity index (χ4n) is 2.29. The van der Waals surface area contributed by atoms with E-state index in [0.29, 0.717) is 31.1 Å². The van der Waals surface area contributed by atoms with Crippen LogP contribution in [0.1, 0.15) is 18.4 Å². The van der Waals surface area contributed by atoms with Gasteiger partial charge in [-0.2, -0.15) is 0 Å². The molecule has 0 heterocycles. The molecule has 1 aliphatic rings. The van der Waals surface area contributed by atoms with Gasteiger partial charge in [-0.05, 0) is 24.5 Å². The molecule has 120 valence electrons. The molecule has 0 aliphatic heterocycles. The summed E-state index contributed by atoms with van der Waals surface area (Å²) in [5.74, 6) is -0.551. The lowest BCUT2D eigenvalue weighted by molar-refractivity contribution is -0.127. The van der Waals surface area contributed by atoms with E-state index in [1.807, 2.05) is 18.2 Å². The van der Waals surface area contributed by atoms with Crippen LogP contribution in [0.4, 0.5) is 0 Å². The molecule has 2 atom stereocenters. The topological polar surface area (TPSA) is 67.4 Å². The highest BCUT2D eigenvalue weighted by molar-refractivity contribution is 6.31. The van der Waals surface area contributed by atoms with E-state index in [0.717, 1.165) is 12.0 Å². The second-order valence-electron chi connectivity index (χ2n) is 5.40. The molecule has 2 amide bonds. The van der Waals surface area contributed by atoms with Crippen LogP contribution in [0.2, 0.25) is 5.02 Å². The molecule has 0 spiro atoms. The van der Waals surface area contributed by atoms with Gasteiger partial charge in [0, 0.05) is 31.8 Å². The highest BCUT2D eigenvalue weighted by atomic mass is 35.5. The zero-order valence-corrected chi connectivity index (χ0v) is 13.4. The molecule has 22 heavy (non-hydrogen) atoms. The maximum absolute atomic E-state index is 12.0. The zero-order valence-electron chi connectivity index (χ0n) is 12.6. The van der Waals surface area contributed by atoms with E-state index in [4.69, 9.17) is 16.3 Å². The van der Waals surface area contributed by atoms with Crippen LogP contribution in [0.5, 0.6) is 0 Å². The highest BCUT2D eigenvalue weighted by Crippen LogP contribution is 2.38. The minimum absolute atomic E-state index is 0.0472. The summed E-state index contributed by atoms with van der Waals surface area (Å²) in [5, 5.41) is 6.30. The summed E-state index contributed by atoms with van der Waals surface area (Å²) in [7, 11) is 1.63. The summed E-state index contributed by atoms with van der Waals surface area (Å²) < 4.78 is 4.92. The predicted molar refractivity (Wildman–Crippen MR) is 84.4 cm³/mol. The molecule has 0 bridgehead atoms. The van der Waals surface area contributed by atoms with Crippen LogP contribution < -0.4 is 10.6 Å². The Morgan fingerprint density at radius 1 is 1.23 bits per heavy atom. The van der Waals surface area contributed by atoms with Gasteiger partial charge in [0.25, 0.3) is 0 Å². The van der Waals surface area contributed by atoms with Crippen molar-refractivity contribution < 1.29 is 14.3 Å². The number of carbonyl (C=O) groups is 2. The van der Waals surface area contributed by atoms with E-state index in [1.54, 1.807) is 13.2 Å². The first-order chi connectivity index (χ1) is 10.6. The van der Waals surface area contributed by atoms with Crippen LogP contribution in [0.15, 0.2) is 24.3 Å². The smallest absolute Gasteiger partial charge is 0.224 e. The third kappa shape index (κ3) is 4.71. The first-order valence-corrected chi connectivity index (χ1v) is 7.79. The molecule has 0 radical (unpaired) electrons. The summed E-state index contributed by atoms with van der Waals surface area (Å²) in [4.78, 5) is 23.9. The maximum atomic E-state index is 12.0. The van der Waals surface area contributed by atoms with Crippen molar-refractivity contribution in [3.8, 4) is 0 Å². The average molecular weight is 325 g/mol. The molecule has 1 fully saturated rings. The van der Waals surface area contributed by atoms with Crippen molar-refractivity contribution in [2.45, 2.75) is 19.4 Å². The van der Waals surface area contributed by atoms with E-state index in [9.17, 15) is 9.59 Å². The molecule has 1 aromatic carbocycles. The zero-order chi connectivity index (χ0) is 15.9. The van der Waals surface area contributed by atoms with Gasteiger partial charge in [-0.1, -0.05) is 29.8 Å². The van der Waals surface area contributed by atoms with E-state index in [2.05, 4.69) is 10.6 Å². The number of methoxy groups -OCH3 is 1. The van der Waals surface area contributed by atoms with E-state index in [1.165, 1.54) is 0 Å². The van der Waals surface area contributed by atoms with Crippen molar-refractivity contribution in [2.24, 2.45) is 11.8 Å². The van der Waals surface area contributed by atoms with Gasteiger partial charge in [0.15, 0.2) is 0 Å². The standard InChI is InChI=1S/C16H21ClN2O3/c1-22-8-4-7-18-15(20)12-9-13(12)16(21)19-10-11-5-2-3-6-14(11)17/h2-3,5-6,12-13H,4,7-10H2,1H3,(H,18,20)(H,19,21). The molecule has 0 saturated heterocycles. The number of rotatable bonds is 8. The number of ether oxygens (including phenoxy) is 1. The van der Waals surface area contributed by atoms with Crippen LogP contribution in [-0.2, 0) is 20.9 Å². The molecule has 2 rings (SSSR count). The molecule has 6 heteroatoms. The summed E-state index contributed by atoms with van der Waals surface area (Å²) in [6.07, 6.45) is 1.39. The predicted octanol–water partition coefficient (Wildman–Crippen LogP) is 1.74. The summed E-state index contributed by atoms with van der Waals surface area (Å²) >= 11 is 6.04. The van der Waals surface area contributed by atoms with Gasteiger partial charge in [-0.25, -0.2) is 0 Å². The van der Waals surface area contributed by atoms with Crippen LogP contribution in [-0.4, -0.2) is 32.1 Å². The largest absolute Gasteiger partial charge is 0.385 e. The van der Waals surface area contributed by atoms with Crippen molar-refractivity contribution in [3.63, 3.8) is 0 Å². The molecule has 1 aliphatic carbocycles. The molecule has 2 N–H and O–H groups in total. The number of nitrogens with one attached hydrogen (secondary N) is 2. The van der Waals surface area contributed by atoms with Crippen molar-refractivity contribution in [1.82, 2.24) is 10.6 Å².